The van der Waals surface area contributed by atoms with E-state index in [1.165, 1.54) is 0 Å². The van der Waals surface area contributed by atoms with E-state index in [-0.39, 0.29) is 5.84 Å². The Hall–Kier alpha value is -2.00. The molecule has 0 aromatic heterocycles. The molecule has 0 spiro atoms. The Morgan fingerprint density at radius 3 is 2.62 bits per heavy atom. The van der Waals surface area contributed by atoms with Crippen LogP contribution in [0.15, 0.2) is 42.5 Å². The van der Waals surface area contributed by atoms with Gasteiger partial charge in [-0.2, -0.15) is 0 Å². The fourth-order valence-electron chi connectivity index (χ4n) is 2.12. The van der Waals surface area contributed by atoms with Gasteiger partial charge in [0.15, 0.2) is 0 Å². The van der Waals surface area contributed by atoms with Crippen molar-refractivity contribution < 1.29 is 4.74 Å². The minimum atomic E-state index is -0.0392. The van der Waals surface area contributed by atoms with Gasteiger partial charge in [0, 0.05) is 11.1 Å². The molecule has 0 radical (unpaired) electrons. The van der Waals surface area contributed by atoms with Crippen molar-refractivity contribution >= 4 is 17.4 Å². The summed E-state index contributed by atoms with van der Waals surface area (Å²) < 4.78 is 6.00. The van der Waals surface area contributed by atoms with Crippen LogP contribution in [0, 0.1) is 5.41 Å². The number of rotatable bonds is 5. The van der Waals surface area contributed by atoms with Crippen LogP contribution < -0.4 is 10.5 Å². The van der Waals surface area contributed by atoms with Crippen LogP contribution in [0.3, 0.4) is 0 Å². The number of para-hydroxylation sites is 1. The highest BCUT2D eigenvalue weighted by molar-refractivity contribution is 6.30. The Bertz CT molecular complexity index is 655. The van der Waals surface area contributed by atoms with E-state index in [2.05, 4.69) is 19.9 Å². The standard InChI is InChI=1S/C17H19ClN2O/c1-3-11(2)13-6-4-5-7-15(13)21-16-10-12(18)8-9-14(16)17(19)20/h4-11H,3H2,1-2H3,(H3,19,20). The molecule has 0 saturated carbocycles. The Kier molecular flexibility index (Phi) is 4.86. The maximum Gasteiger partial charge on any atom is 0.139 e. The monoisotopic (exact) mass is 302 g/mol. The summed E-state index contributed by atoms with van der Waals surface area (Å²) in [6, 6.07) is 13.0. The number of benzene rings is 2. The Morgan fingerprint density at radius 1 is 1.24 bits per heavy atom. The second-order valence-corrected chi connectivity index (χ2v) is 5.44. The molecule has 0 fully saturated rings. The second kappa shape index (κ2) is 6.64. The fourth-order valence-corrected chi connectivity index (χ4v) is 2.28. The zero-order valence-corrected chi connectivity index (χ0v) is 12.9. The Morgan fingerprint density at radius 2 is 1.95 bits per heavy atom. The van der Waals surface area contributed by atoms with Crippen molar-refractivity contribution in [1.82, 2.24) is 0 Å². The molecule has 2 aromatic carbocycles. The molecule has 0 bridgehead atoms. The van der Waals surface area contributed by atoms with Crippen LogP contribution >= 0.6 is 11.6 Å². The predicted octanol–water partition coefficient (Wildman–Crippen LogP) is 4.93. The van der Waals surface area contributed by atoms with Gasteiger partial charge in [-0.05, 0) is 36.1 Å². The number of nitrogens with one attached hydrogen (secondary N) is 1. The first-order valence-electron chi connectivity index (χ1n) is 6.93. The van der Waals surface area contributed by atoms with Crippen LogP contribution in [-0.2, 0) is 0 Å². The van der Waals surface area contributed by atoms with Crippen LogP contribution in [0.2, 0.25) is 5.02 Å². The summed E-state index contributed by atoms with van der Waals surface area (Å²) in [7, 11) is 0. The third kappa shape index (κ3) is 3.56. The molecular weight excluding hydrogens is 284 g/mol. The minimum absolute atomic E-state index is 0.0392. The van der Waals surface area contributed by atoms with E-state index in [0.29, 0.717) is 22.3 Å². The lowest BCUT2D eigenvalue weighted by Gasteiger charge is -2.17. The third-order valence-electron chi connectivity index (χ3n) is 3.52. The molecule has 2 aromatic rings. The summed E-state index contributed by atoms with van der Waals surface area (Å²) in [5.41, 5.74) is 7.28. The quantitative estimate of drug-likeness (QED) is 0.607. The summed E-state index contributed by atoms with van der Waals surface area (Å²) in [4.78, 5) is 0. The smallest absolute Gasteiger partial charge is 0.139 e. The first-order chi connectivity index (χ1) is 10.0. The first-order valence-corrected chi connectivity index (χ1v) is 7.31. The summed E-state index contributed by atoms with van der Waals surface area (Å²) in [6.07, 6.45) is 1.02. The van der Waals surface area contributed by atoms with Crippen LogP contribution in [0.25, 0.3) is 0 Å². The van der Waals surface area contributed by atoms with Crippen LogP contribution in [0.4, 0.5) is 0 Å². The van der Waals surface area contributed by atoms with E-state index in [0.717, 1.165) is 17.7 Å². The van der Waals surface area contributed by atoms with E-state index < -0.39 is 0 Å². The van der Waals surface area contributed by atoms with E-state index in [1.807, 2.05) is 18.2 Å². The average molecular weight is 303 g/mol. The van der Waals surface area contributed by atoms with E-state index >= 15 is 0 Å². The molecule has 1 unspecified atom stereocenters. The number of hydrogen-bond acceptors (Lipinski definition) is 2. The zero-order valence-electron chi connectivity index (χ0n) is 12.2. The van der Waals surface area contributed by atoms with Gasteiger partial charge in [0.1, 0.15) is 17.3 Å². The van der Waals surface area contributed by atoms with Gasteiger partial charge < -0.3 is 10.5 Å². The molecule has 0 aliphatic heterocycles. The van der Waals surface area contributed by atoms with Crippen LogP contribution in [0.1, 0.15) is 37.3 Å². The first kappa shape index (κ1) is 15.4. The second-order valence-electron chi connectivity index (χ2n) is 5.00. The highest BCUT2D eigenvalue weighted by atomic mass is 35.5. The van der Waals surface area contributed by atoms with E-state index in [4.69, 9.17) is 27.5 Å². The van der Waals surface area contributed by atoms with Gasteiger partial charge in [0.05, 0.1) is 5.56 Å². The molecule has 0 saturated heterocycles. The summed E-state index contributed by atoms with van der Waals surface area (Å²) in [5.74, 6) is 1.63. The normalized spacial score (nSPS) is 12.0. The highest BCUT2D eigenvalue weighted by Crippen LogP contribution is 2.34. The molecule has 1 atom stereocenters. The fraction of sp³-hybridized carbons (Fsp3) is 0.235. The average Bonchev–Trinajstić information content (AvgIpc) is 2.47. The topological polar surface area (TPSA) is 59.1 Å². The molecule has 0 aliphatic rings. The van der Waals surface area contributed by atoms with Gasteiger partial charge in [-0.3, -0.25) is 5.41 Å². The summed E-state index contributed by atoms with van der Waals surface area (Å²) in [6.45, 7) is 4.30. The van der Waals surface area contributed by atoms with Gasteiger partial charge in [-0.1, -0.05) is 43.6 Å². The number of hydrogen-bond donors (Lipinski definition) is 2. The molecule has 3 N–H and O–H groups in total. The number of ether oxygens (including phenoxy) is 1. The lowest BCUT2D eigenvalue weighted by Crippen LogP contribution is -2.12. The van der Waals surface area contributed by atoms with E-state index in [9.17, 15) is 0 Å². The largest absolute Gasteiger partial charge is 0.456 e. The van der Waals surface area contributed by atoms with Gasteiger partial charge in [-0.25, -0.2) is 0 Å². The molecule has 4 heteroatoms. The highest BCUT2D eigenvalue weighted by Gasteiger charge is 2.13. The molecule has 0 heterocycles. The lowest BCUT2D eigenvalue weighted by atomic mass is 9.98. The molecule has 2 rings (SSSR count). The predicted molar refractivity (Wildman–Crippen MR) is 87.7 cm³/mol. The Labute approximate surface area is 130 Å². The Balaban J connectivity index is 2.43. The maximum atomic E-state index is 7.64. The van der Waals surface area contributed by atoms with Crippen molar-refractivity contribution in [3.05, 3.63) is 58.6 Å². The van der Waals surface area contributed by atoms with Crippen molar-refractivity contribution in [2.45, 2.75) is 26.2 Å². The van der Waals surface area contributed by atoms with E-state index in [1.54, 1.807) is 18.2 Å². The maximum absolute atomic E-state index is 7.64. The van der Waals surface area contributed by atoms with Gasteiger partial charge in [0.25, 0.3) is 0 Å². The number of nitrogen functional groups attached to an aromatic ring is 1. The van der Waals surface area contributed by atoms with Crippen molar-refractivity contribution in [2.75, 3.05) is 0 Å². The zero-order chi connectivity index (χ0) is 15.4. The van der Waals surface area contributed by atoms with Gasteiger partial charge >= 0.3 is 0 Å². The van der Waals surface area contributed by atoms with Gasteiger partial charge in [0.2, 0.25) is 0 Å². The summed E-state index contributed by atoms with van der Waals surface area (Å²) >= 11 is 6.03. The van der Waals surface area contributed by atoms with Crippen molar-refractivity contribution in [1.29, 1.82) is 5.41 Å². The van der Waals surface area contributed by atoms with Crippen molar-refractivity contribution in [2.24, 2.45) is 5.73 Å². The van der Waals surface area contributed by atoms with Crippen LogP contribution in [0.5, 0.6) is 11.5 Å². The minimum Gasteiger partial charge on any atom is -0.456 e. The van der Waals surface area contributed by atoms with Crippen molar-refractivity contribution in [3.63, 3.8) is 0 Å². The molecule has 0 amide bonds. The molecule has 3 nitrogen and oxygen atoms in total. The van der Waals surface area contributed by atoms with Crippen LogP contribution in [-0.4, -0.2) is 5.84 Å². The molecule has 21 heavy (non-hydrogen) atoms. The number of nitrogens with two attached hydrogens (primary N) is 1. The number of amidine groups is 1. The number of halogens is 1. The third-order valence-corrected chi connectivity index (χ3v) is 3.75. The lowest BCUT2D eigenvalue weighted by molar-refractivity contribution is 0.469. The summed E-state index contributed by atoms with van der Waals surface area (Å²) in [5, 5.41) is 8.19. The van der Waals surface area contributed by atoms with Gasteiger partial charge in [-0.15, -0.1) is 0 Å². The molecule has 0 aliphatic carbocycles. The molecule has 110 valence electrons. The molecular formula is C17H19ClN2O. The van der Waals surface area contributed by atoms with Crippen molar-refractivity contribution in [3.8, 4) is 11.5 Å². The SMILES string of the molecule is CCC(C)c1ccccc1Oc1cc(Cl)ccc1C(=N)N.